The van der Waals surface area contributed by atoms with Crippen molar-refractivity contribution >= 4 is 5.96 Å². The summed E-state index contributed by atoms with van der Waals surface area (Å²) in [4.78, 5) is 6.62. The summed E-state index contributed by atoms with van der Waals surface area (Å²) in [5.74, 6) is 0.735. The van der Waals surface area contributed by atoms with E-state index in [9.17, 15) is 4.39 Å². The van der Waals surface area contributed by atoms with Crippen LogP contribution >= 0.6 is 0 Å². The van der Waals surface area contributed by atoms with Crippen LogP contribution in [0.2, 0.25) is 0 Å². The molecule has 0 radical (unpaired) electrons. The van der Waals surface area contributed by atoms with Gasteiger partial charge in [0.15, 0.2) is 5.96 Å². The molecule has 0 unspecified atom stereocenters. The van der Waals surface area contributed by atoms with Gasteiger partial charge in [0.1, 0.15) is 5.82 Å². The Morgan fingerprint density at radius 1 is 1.22 bits per heavy atom. The van der Waals surface area contributed by atoms with E-state index < -0.39 is 0 Å². The second-order valence-corrected chi connectivity index (χ2v) is 5.65. The van der Waals surface area contributed by atoms with Crippen molar-refractivity contribution in [2.75, 3.05) is 26.7 Å². The van der Waals surface area contributed by atoms with E-state index in [1.807, 2.05) is 19.3 Å². The van der Waals surface area contributed by atoms with E-state index in [0.717, 1.165) is 43.4 Å². The summed E-state index contributed by atoms with van der Waals surface area (Å²) in [7, 11) is 1.82. The lowest BCUT2D eigenvalue weighted by atomic mass is 10.3. The van der Waals surface area contributed by atoms with Crippen LogP contribution in [0.4, 0.5) is 4.39 Å². The van der Waals surface area contributed by atoms with Crippen LogP contribution in [0.3, 0.4) is 0 Å². The van der Waals surface area contributed by atoms with Gasteiger partial charge in [-0.05, 0) is 43.2 Å². The third-order valence-electron chi connectivity index (χ3n) is 4.02. The molecule has 0 aliphatic carbocycles. The molecule has 1 aromatic heterocycles. The summed E-state index contributed by atoms with van der Waals surface area (Å²) in [5.41, 5.74) is 1.86. The van der Waals surface area contributed by atoms with Crippen LogP contribution < -0.4 is 5.32 Å². The Kier molecular flexibility index (Phi) is 4.90. The van der Waals surface area contributed by atoms with E-state index in [4.69, 9.17) is 0 Å². The minimum absolute atomic E-state index is 0.237. The minimum Gasteiger partial charge on any atom is -0.356 e. The van der Waals surface area contributed by atoms with Gasteiger partial charge in [-0.2, -0.15) is 5.10 Å². The fraction of sp³-hybridized carbons (Fsp3) is 0.412. The number of nitrogens with one attached hydrogen (secondary N) is 1. The lowest BCUT2D eigenvalue weighted by Gasteiger charge is -2.20. The van der Waals surface area contributed by atoms with Crippen LogP contribution in [0, 0.1) is 5.82 Å². The molecular formula is C17H22FN5. The minimum atomic E-state index is -0.237. The van der Waals surface area contributed by atoms with Crippen LogP contribution in [0.5, 0.6) is 0 Å². The zero-order valence-electron chi connectivity index (χ0n) is 13.4. The van der Waals surface area contributed by atoms with Crippen LogP contribution in [0.15, 0.2) is 41.5 Å². The average Bonchev–Trinajstić information content (AvgIpc) is 3.24. The number of aliphatic imine (C=N–C) groups is 1. The summed E-state index contributed by atoms with van der Waals surface area (Å²) in [6.07, 6.45) is 5.20. The van der Waals surface area contributed by atoms with Gasteiger partial charge in [-0.3, -0.25) is 4.99 Å². The van der Waals surface area contributed by atoms with Crippen molar-refractivity contribution in [2.24, 2.45) is 4.99 Å². The van der Waals surface area contributed by atoms with Crippen molar-refractivity contribution in [1.82, 2.24) is 20.0 Å². The molecule has 0 amide bonds. The maximum Gasteiger partial charge on any atom is 0.193 e. The standard InChI is InChI=1S/C17H22FN5/c1-19-17(22-11-2-3-12-22)20-10-8-15-9-13-23(21-15)16-6-4-14(18)5-7-16/h4-7,9,13H,2-3,8,10-12H2,1H3,(H,19,20). The average molecular weight is 315 g/mol. The van der Waals surface area contributed by atoms with Crippen molar-refractivity contribution in [2.45, 2.75) is 19.3 Å². The van der Waals surface area contributed by atoms with E-state index in [1.165, 1.54) is 25.0 Å². The van der Waals surface area contributed by atoms with E-state index in [-0.39, 0.29) is 5.82 Å². The Bertz CT molecular complexity index is 656. The van der Waals surface area contributed by atoms with Crippen molar-refractivity contribution in [1.29, 1.82) is 0 Å². The summed E-state index contributed by atoms with van der Waals surface area (Å²) in [6.45, 7) is 2.96. The van der Waals surface area contributed by atoms with Crippen LogP contribution in [0.1, 0.15) is 18.5 Å². The molecule has 1 fully saturated rings. The predicted octanol–water partition coefficient (Wildman–Crippen LogP) is 2.23. The van der Waals surface area contributed by atoms with Gasteiger partial charge in [0, 0.05) is 39.3 Å². The number of guanidine groups is 1. The summed E-state index contributed by atoms with van der Waals surface area (Å²) < 4.78 is 14.7. The van der Waals surface area contributed by atoms with Crippen LogP contribution in [-0.2, 0) is 6.42 Å². The highest BCUT2D eigenvalue weighted by Gasteiger charge is 2.15. The smallest absolute Gasteiger partial charge is 0.193 e. The largest absolute Gasteiger partial charge is 0.356 e. The number of halogens is 1. The number of rotatable bonds is 4. The highest BCUT2D eigenvalue weighted by Crippen LogP contribution is 2.10. The molecule has 122 valence electrons. The van der Waals surface area contributed by atoms with Crippen molar-refractivity contribution in [3.05, 3.63) is 48.0 Å². The third-order valence-corrected chi connectivity index (χ3v) is 4.02. The molecule has 1 aromatic carbocycles. The topological polar surface area (TPSA) is 45.5 Å². The van der Waals surface area contributed by atoms with Crippen LogP contribution in [-0.4, -0.2) is 47.3 Å². The van der Waals surface area contributed by atoms with E-state index in [0.29, 0.717) is 0 Å². The van der Waals surface area contributed by atoms with Crippen molar-refractivity contribution in [3.8, 4) is 5.69 Å². The van der Waals surface area contributed by atoms with Gasteiger partial charge in [-0.25, -0.2) is 9.07 Å². The van der Waals surface area contributed by atoms with Gasteiger partial charge < -0.3 is 10.2 Å². The molecule has 1 saturated heterocycles. The fourth-order valence-electron chi connectivity index (χ4n) is 2.80. The first-order valence-corrected chi connectivity index (χ1v) is 8.02. The Balaban J connectivity index is 1.54. The number of aromatic nitrogens is 2. The molecule has 6 heteroatoms. The quantitative estimate of drug-likeness (QED) is 0.695. The second-order valence-electron chi connectivity index (χ2n) is 5.65. The summed E-state index contributed by atoms with van der Waals surface area (Å²) >= 11 is 0. The van der Waals surface area contributed by atoms with Gasteiger partial charge >= 0.3 is 0 Å². The molecule has 0 saturated carbocycles. The second kappa shape index (κ2) is 7.26. The predicted molar refractivity (Wildman–Crippen MR) is 89.4 cm³/mol. The molecule has 1 aliphatic rings. The van der Waals surface area contributed by atoms with Crippen molar-refractivity contribution < 1.29 is 4.39 Å². The molecule has 1 N–H and O–H groups in total. The number of nitrogens with zero attached hydrogens (tertiary/aromatic N) is 4. The first-order valence-electron chi connectivity index (χ1n) is 8.02. The number of hydrogen-bond donors (Lipinski definition) is 1. The Hall–Kier alpha value is -2.37. The van der Waals surface area contributed by atoms with Gasteiger partial charge in [-0.1, -0.05) is 0 Å². The normalized spacial score (nSPS) is 15.2. The van der Waals surface area contributed by atoms with Gasteiger partial charge in [-0.15, -0.1) is 0 Å². The molecule has 2 aromatic rings. The lowest BCUT2D eigenvalue weighted by molar-refractivity contribution is 0.494. The highest BCUT2D eigenvalue weighted by molar-refractivity contribution is 5.80. The van der Waals surface area contributed by atoms with Gasteiger partial charge in [0.2, 0.25) is 0 Å². The van der Waals surface area contributed by atoms with Crippen LogP contribution in [0.25, 0.3) is 5.69 Å². The number of benzene rings is 1. The fourth-order valence-corrected chi connectivity index (χ4v) is 2.80. The zero-order valence-corrected chi connectivity index (χ0v) is 13.4. The number of likely N-dealkylation sites (tertiary alicyclic amines) is 1. The SMILES string of the molecule is CN=C(NCCc1ccn(-c2ccc(F)cc2)n1)N1CCCC1. The molecule has 1 aliphatic heterocycles. The first kappa shape index (κ1) is 15.5. The Morgan fingerprint density at radius 2 is 1.96 bits per heavy atom. The Morgan fingerprint density at radius 3 is 2.65 bits per heavy atom. The van der Waals surface area contributed by atoms with E-state index in [2.05, 4.69) is 20.3 Å². The molecular weight excluding hydrogens is 293 g/mol. The van der Waals surface area contributed by atoms with E-state index in [1.54, 1.807) is 16.8 Å². The van der Waals surface area contributed by atoms with Crippen molar-refractivity contribution in [3.63, 3.8) is 0 Å². The van der Waals surface area contributed by atoms with Gasteiger partial charge in [0.25, 0.3) is 0 Å². The summed E-state index contributed by atoms with van der Waals surface area (Å²) in [6, 6.07) is 8.32. The van der Waals surface area contributed by atoms with Gasteiger partial charge in [0.05, 0.1) is 11.4 Å². The molecule has 2 heterocycles. The monoisotopic (exact) mass is 315 g/mol. The Labute approximate surface area is 135 Å². The maximum atomic E-state index is 13.0. The highest BCUT2D eigenvalue weighted by atomic mass is 19.1. The molecule has 0 atom stereocenters. The zero-order chi connectivity index (χ0) is 16.1. The molecule has 0 spiro atoms. The maximum absolute atomic E-state index is 13.0. The van der Waals surface area contributed by atoms with E-state index >= 15 is 0 Å². The molecule has 0 bridgehead atoms. The molecule has 23 heavy (non-hydrogen) atoms. The first-order chi connectivity index (χ1) is 11.3. The molecule has 3 rings (SSSR count). The summed E-state index contributed by atoms with van der Waals surface area (Å²) in [5, 5.41) is 7.92. The number of hydrogen-bond acceptors (Lipinski definition) is 2. The molecule has 5 nitrogen and oxygen atoms in total. The lowest BCUT2D eigenvalue weighted by Crippen LogP contribution is -2.40. The third kappa shape index (κ3) is 3.88.